The monoisotopic (exact) mass is 370 g/mol. The van der Waals surface area contributed by atoms with Crippen LogP contribution in [-0.4, -0.2) is 15.9 Å². The molecule has 0 unspecified atom stereocenters. The average Bonchev–Trinajstić information content (AvgIpc) is 2.92. The average molecular weight is 370 g/mol. The Morgan fingerprint density at radius 2 is 1.96 bits per heavy atom. The van der Waals surface area contributed by atoms with E-state index in [-0.39, 0.29) is 12.2 Å². The third-order valence-electron chi connectivity index (χ3n) is 4.44. The Bertz CT molecular complexity index is 987. The van der Waals surface area contributed by atoms with Gasteiger partial charge in [-0.15, -0.1) is 11.3 Å². The van der Waals surface area contributed by atoms with Crippen LogP contribution in [0.25, 0.3) is 10.2 Å². The predicted octanol–water partition coefficient (Wildman–Crippen LogP) is 4.30. The lowest BCUT2D eigenvalue weighted by molar-refractivity contribution is 0.0462. The molecule has 3 aromatic rings. The molecule has 0 bridgehead atoms. The molecule has 3 rings (SSSR count). The molecule has 0 aliphatic heterocycles. The summed E-state index contributed by atoms with van der Waals surface area (Å²) in [6.45, 7) is 5.97. The standard InChI is InChI=1S/C20H22N2O3S/c1-4-5-6-14-7-9-15(10-8-14)20(24)25-11-16-21-18(23)17-12(2)13(3)26-19(17)22-16/h7-10H,4-6,11H2,1-3H3,(H,21,22,23). The van der Waals surface area contributed by atoms with Gasteiger partial charge in [0.2, 0.25) is 0 Å². The first-order chi connectivity index (χ1) is 12.5. The third kappa shape index (κ3) is 3.85. The lowest BCUT2D eigenvalue weighted by Gasteiger charge is -2.06. The van der Waals surface area contributed by atoms with Gasteiger partial charge < -0.3 is 9.72 Å². The number of unbranched alkanes of at least 4 members (excludes halogenated alkanes) is 1. The van der Waals surface area contributed by atoms with Crippen LogP contribution in [0.4, 0.5) is 0 Å². The Morgan fingerprint density at radius 3 is 2.65 bits per heavy atom. The summed E-state index contributed by atoms with van der Waals surface area (Å²) in [6.07, 6.45) is 3.28. The molecule has 0 aliphatic rings. The molecule has 136 valence electrons. The maximum absolute atomic E-state index is 12.2. The minimum absolute atomic E-state index is 0.0579. The molecule has 2 heterocycles. The van der Waals surface area contributed by atoms with Crippen LogP contribution >= 0.6 is 11.3 Å². The number of carbonyl (C=O) groups excluding carboxylic acids is 1. The third-order valence-corrected chi connectivity index (χ3v) is 5.54. The number of nitrogens with one attached hydrogen (secondary N) is 1. The second-order valence-electron chi connectivity index (χ2n) is 6.35. The zero-order chi connectivity index (χ0) is 18.7. The molecule has 5 nitrogen and oxygen atoms in total. The first-order valence-electron chi connectivity index (χ1n) is 8.74. The molecule has 0 saturated carbocycles. The largest absolute Gasteiger partial charge is 0.454 e. The van der Waals surface area contributed by atoms with Crippen molar-refractivity contribution in [2.75, 3.05) is 0 Å². The van der Waals surface area contributed by atoms with Gasteiger partial charge in [0.25, 0.3) is 5.56 Å². The van der Waals surface area contributed by atoms with E-state index in [1.807, 2.05) is 26.0 Å². The summed E-state index contributed by atoms with van der Waals surface area (Å²) in [5.41, 5.74) is 2.47. The maximum Gasteiger partial charge on any atom is 0.338 e. The fourth-order valence-electron chi connectivity index (χ4n) is 2.77. The Kier molecular flexibility index (Phi) is 5.52. The maximum atomic E-state index is 12.2. The molecular weight excluding hydrogens is 348 g/mol. The van der Waals surface area contributed by atoms with Crippen molar-refractivity contribution in [1.82, 2.24) is 9.97 Å². The zero-order valence-electron chi connectivity index (χ0n) is 15.2. The van der Waals surface area contributed by atoms with Crippen molar-refractivity contribution in [3.63, 3.8) is 0 Å². The molecule has 0 aliphatic carbocycles. The van der Waals surface area contributed by atoms with Crippen LogP contribution in [0.15, 0.2) is 29.1 Å². The van der Waals surface area contributed by atoms with Crippen molar-refractivity contribution in [3.8, 4) is 0 Å². The van der Waals surface area contributed by atoms with E-state index in [0.29, 0.717) is 21.6 Å². The van der Waals surface area contributed by atoms with Gasteiger partial charge in [0.1, 0.15) is 17.3 Å². The molecule has 0 spiro atoms. The summed E-state index contributed by atoms with van der Waals surface area (Å²) in [7, 11) is 0. The Balaban J connectivity index is 1.69. The van der Waals surface area contributed by atoms with Gasteiger partial charge in [0.05, 0.1) is 10.9 Å². The number of benzene rings is 1. The van der Waals surface area contributed by atoms with Gasteiger partial charge in [-0.25, -0.2) is 9.78 Å². The van der Waals surface area contributed by atoms with Crippen LogP contribution in [0, 0.1) is 13.8 Å². The highest BCUT2D eigenvalue weighted by Crippen LogP contribution is 2.25. The minimum Gasteiger partial charge on any atom is -0.454 e. The smallest absolute Gasteiger partial charge is 0.338 e. The minimum atomic E-state index is -0.423. The summed E-state index contributed by atoms with van der Waals surface area (Å²) in [4.78, 5) is 33.3. The quantitative estimate of drug-likeness (QED) is 0.657. The number of thiophene rings is 1. The van der Waals surface area contributed by atoms with E-state index >= 15 is 0 Å². The normalized spacial score (nSPS) is 11.0. The van der Waals surface area contributed by atoms with Gasteiger partial charge in [-0.05, 0) is 49.9 Å². The number of fused-ring (bicyclic) bond motifs is 1. The molecule has 0 amide bonds. The molecule has 26 heavy (non-hydrogen) atoms. The molecular formula is C20H22N2O3S. The highest BCUT2D eigenvalue weighted by atomic mass is 32.1. The van der Waals surface area contributed by atoms with Gasteiger partial charge in [0, 0.05) is 4.88 Å². The van der Waals surface area contributed by atoms with E-state index in [4.69, 9.17) is 4.74 Å². The first kappa shape index (κ1) is 18.3. The van der Waals surface area contributed by atoms with Crippen molar-refractivity contribution >= 4 is 27.5 Å². The number of aryl methyl sites for hydroxylation is 3. The van der Waals surface area contributed by atoms with Crippen molar-refractivity contribution in [1.29, 1.82) is 0 Å². The second-order valence-corrected chi connectivity index (χ2v) is 7.56. The predicted molar refractivity (Wildman–Crippen MR) is 104 cm³/mol. The summed E-state index contributed by atoms with van der Waals surface area (Å²) < 4.78 is 5.31. The van der Waals surface area contributed by atoms with E-state index in [2.05, 4.69) is 16.9 Å². The van der Waals surface area contributed by atoms with Crippen molar-refractivity contribution in [2.45, 2.75) is 46.6 Å². The topological polar surface area (TPSA) is 72.0 Å². The number of aromatic amines is 1. The van der Waals surface area contributed by atoms with Crippen LogP contribution in [0.3, 0.4) is 0 Å². The fraction of sp³-hybridized carbons (Fsp3) is 0.350. The number of hydrogen-bond acceptors (Lipinski definition) is 5. The summed E-state index contributed by atoms with van der Waals surface area (Å²) in [6, 6.07) is 7.46. The Labute approximate surface area is 156 Å². The number of hydrogen-bond donors (Lipinski definition) is 1. The number of carbonyl (C=O) groups is 1. The van der Waals surface area contributed by atoms with E-state index < -0.39 is 5.97 Å². The van der Waals surface area contributed by atoms with Crippen LogP contribution in [-0.2, 0) is 17.8 Å². The Morgan fingerprint density at radius 1 is 1.23 bits per heavy atom. The van der Waals surface area contributed by atoms with Crippen molar-refractivity contribution in [3.05, 3.63) is 62.0 Å². The Hall–Kier alpha value is -2.47. The second kappa shape index (κ2) is 7.83. The highest BCUT2D eigenvalue weighted by molar-refractivity contribution is 7.18. The van der Waals surface area contributed by atoms with E-state index in [1.165, 1.54) is 16.9 Å². The molecule has 0 atom stereocenters. The van der Waals surface area contributed by atoms with Gasteiger partial charge in [-0.2, -0.15) is 0 Å². The lowest BCUT2D eigenvalue weighted by atomic mass is 10.1. The first-order valence-corrected chi connectivity index (χ1v) is 9.56. The van der Waals surface area contributed by atoms with Gasteiger partial charge in [0.15, 0.2) is 0 Å². The number of aromatic nitrogens is 2. The number of H-pyrrole nitrogens is 1. The van der Waals surface area contributed by atoms with Crippen LogP contribution in [0.2, 0.25) is 0 Å². The molecule has 0 saturated heterocycles. The van der Waals surface area contributed by atoms with Crippen LogP contribution in [0.5, 0.6) is 0 Å². The number of ether oxygens (including phenoxy) is 1. The van der Waals surface area contributed by atoms with Gasteiger partial charge >= 0.3 is 5.97 Å². The fourth-order valence-corrected chi connectivity index (χ4v) is 3.82. The molecule has 1 N–H and O–H groups in total. The van der Waals surface area contributed by atoms with E-state index in [0.717, 1.165) is 29.7 Å². The number of nitrogens with zero attached hydrogens (tertiary/aromatic N) is 1. The van der Waals surface area contributed by atoms with Crippen LogP contribution in [0.1, 0.15) is 52.0 Å². The van der Waals surface area contributed by atoms with Crippen molar-refractivity contribution in [2.24, 2.45) is 0 Å². The van der Waals surface area contributed by atoms with E-state index in [9.17, 15) is 9.59 Å². The number of esters is 1. The summed E-state index contributed by atoms with van der Waals surface area (Å²) in [5.74, 6) is -0.0648. The zero-order valence-corrected chi connectivity index (χ0v) is 16.0. The molecule has 6 heteroatoms. The summed E-state index contributed by atoms with van der Waals surface area (Å²) >= 11 is 1.47. The lowest BCUT2D eigenvalue weighted by Crippen LogP contribution is -2.14. The van der Waals surface area contributed by atoms with Crippen LogP contribution < -0.4 is 5.56 Å². The molecule has 1 aromatic carbocycles. The number of rotatable bonds is 6. The summed E-state index contributed by atoms with van der Waals surface area (Å²) in [5, 5.41) is 0.616. The molecule has 0 fully saturated rings. The molecule has 0 radical (unpaired) electrons. The molecule has 2 aromatic heterocycles. The highest BCUT2D eigenvalue weighted by Gasteiger charge is 2.13. The van der Waals surface area contributed by atoms with Gasteiger partial charge in [-0.3, -0.25) is 4.79 Å². The van der Waals surface area contributed by atoms with Crippen molar-refractivity contribution < 1.29 is 9.53 Å². The SMILES string of the molecule is CCCCc1ccc(C(=O)OCc2nc3sc(C)c(C)c3c(=O)[nH]2)cc1. The van der Waals surface area contributed by atoms with E-state index in [1.54, 1.807) is 12.1 Å². The van der Waals surface area contributed by atoms with Gasteiger partial charge in [-0.1, -0.05) is 25.5 Å².